The van der Waals surface area contributed by atoms with Crippen LogP contribution in [-0.2, 0) is 0 Å². The van der Waals surface area contributed by atoms with Gasteiger partial charge in [-0.15, -0.1) is 0 Å². The van der Waals surface area contributed by atoms with Gasteiger partial charge in [0.25, 0.3) is 0 Å². The van der Waals surface area contributed by atoms with Crippen LogP contribution in [0.25, 0.3) is 10.9 Å². The average molecular weight is 270 g/mol. The van der Waals surface area contributed by atoms with E-state index in [1.807, 2.05) is 24.3 Å². The first-order valence-corrected chi connectivity index (χ1v) is 6.35. The van der Waals surface area contributed by atoms with Gasteiger partial charge in [0.15, 0.2) is 0 Å². The smallest absolute Gasteiger partial charge is 0.144 e. The molecule has 0 atom stereocenters. The number of anilines is 1. The standard InChI is InChI=1S/C12H10N6S/c13-18-10-5-11(16-7-15-10)19-12-8-3-1-2-4-9(8)14-6-17-12/h1-7H,13H2,(H,15,16,18). The second-order valence-electron chi connectivity index (χ2n) is 3.68. The van der Waals surface area contributed by atoms with Gasteiger partial charge in [-0.1, -0.05) is 18.2 Å². The number of benzene rings is 1. The fraction of sp³-hybridized carbons (Fsp3) is 0. The summed E-state index contributed by atoms with van der Waals surface area (Å²) in [4.78, 5) is 16.7. The quantitative estimate of drug-likeness (QED) is 0.426. The van der Waals surface area contributed by atoms with Crippen LogP contribution in [0, 0.1) is 0 Å². The monoisotopic (exact) mass is 270 g/mol. The Labute approximate surface area is 113 Å². The van der Waals surface area contributed by atoms with Gasteiger partial charge in [0.05, 0.1) is 5.52 Å². The Bertz CT molecular complexity index is 712. The maximum atomic E-state index is 5.33. The van der Waals surface area contributed by atoms with Gasteiger partial charge in [0.1, 0.15) is 28.5 Å². The second kappa shape index (κ2) is 5.17. The number of nitrogens with one attached hydrogen (secondary N) is 1. The third-order valence-corrected chi connectivity index (χ3v) is 3.45. The first-order chi connectivity index (χ1) is 9.36. The van der Waals surface area contributed by atoms with Crippen molar-refractivity contribution in [2.24, 2.45) is 5.84 Å². The van der Waals surface area contributed by atoms with Crippen LogP contribution in [0.4, 0.5) is 5.82 Å². The minimum Gasteiger partial charge on any atom is -0.308 e. The van der Waals surface area contributed by atoms with Gasteiger partial charge in [-0.2, -0.15) is 0 Å². The van der Waals surface area contributed by atoms with Crippen LogP contribution in [0.3, 0.4) is 0 Å². The molecular weight excluding hydrogens is 260 g/mol. The van der Waals surface area contributed by atoms with Gasteiger partial charge < -0.3 is 5.43 Å². The van der Waals surface area contributed by atoms with Gasteiger partial charge in [0, 0.05) is 11.5 Å². The van der Waals surface area contributed by atoms with Crippen LogP contribution < -0.4 is 11.3 Å². The molecule has 1 aromatic carbocycles. The maximum absolute atomic E-state index is 5.33. The first kappa shape index (κ1) is 11.8. The number of para-hydroxylation sites is 1. The SMILES string of the molecule is NNc1cc(Sc2ncnc3ccccc23)ncn1. The summed E-state index contributed by atoms with van der Waals surface area (Å²) in [6.07, 6.45) is 3.01. The van der Waals surface area contributed by atoms with Crippen molar-refractivity contribution >= 4 is 28.5 Å². The number of aromatic nitrogens is 4. The van der Waals surface area contributed by atoms with E-state index in [-0.39, 0.29) is 0 Å². The molecule has 6 nitrogen and oxygen atoms in total. The van der Waals surface area contributed by atoms with E-state index in [0.717, 1.165) is 21.0 Å². The summed E-state index contributed by atoms with van der Waals surface area (Å²) in [5, 5.41) is 2.62. The zero-order valence-corrected chi connectivity index (χ0v) is 10.6. The molecule has 19 heavy (non-hydrogen) atoms. The van der Waals surface area contributed by atoms with Crippen LogP contribution in [0.1, 0.15) is 0 Å². The maximum Gasteiger partial charge on any atom is 0.144 e. The number of fused-ring (bicyclic) bond motifs is 1. The summed E-state index contributed by atoms with van der Waals surface area (Å²) in [5.74, 6) is 5.89. The van der Waals surface area contributed by atoms with Crippen molar-refractivity contribution in [3.05, 3.63) is 43.0 Å². The number of rotatable bonds is 3. The van der Waals surface area contributed by atoms with Crippen molar-refractivity contribution in [3.8, 4) is 0 Å². The first-order valence-electron chi connectivity index (χ1n) is 5.53. The largest absolute Gasteiger partial charge is 0.308 e. The van der Waals surface area contributed by atoms with Gasteiger partial charge in [-0.3, -0.25) is 0 Å². The van der Waals surface area contributed by atoms with Crippen molar-refractivity contribution in [2.45, 2.75) is 10.1 Å². The predicted octanol–water partition coefficient (Wildman–Crippen LogP) is 1.86. The minimum absolute atomic E-state index is 0.566. The van der Waals surface area contributed by atoms with E-state index in [9.17, 15) is 0 Å². The highest BCUT2D eigenvalue weighted by Crippen LogP contribution is 2.29. The number of hydrazine groups is 1. The van der Waals surface area contributed by atoms with Crippen molar-refractivity contribution in [3.63, 3.8) is 0 Å². The lowest BCUT2D eigenvalue weighted by atomic mass is 10.2. The Morgan fingerprint density at radius 3 is 2.74 bits per heavy atom. The Morgan fingerprint density at radius 1 is 1.00 bits per heavy atom. The lowest BCUT2D eigenvalue weighted by molar-refractivity contribution is 1.03. The average Bonchev–Trinajstić information content (AvgIpc) is 2.48. The van der Waals surface area contributed by atoms with E-state index in [4.69, 9.17) is 5.84 Å². The van der Waals surface area contributed by atoms with Gasteiger partial charge in [0.2, 0.25) is 0 Å². The molecule has 0 aliphatic carbocycles. The van der Waals surface area contributed by atoms with Gasteiger partial charge >= 0.3 is 0 Å². The predicted molar refractivity (Wildman–Crippen MR) is 73.5 cm³/mol. The second-order valence-corrected chi connectivity index (χ2v) is 4.69. The molecule has 0 unspecified atom stereocenters. The third kappa shape index (κ3) is 2.47. The summed E-state index contributed by atoms with van der Waals surface area (Å²) in [6.45, 7) is 0. The van der Waals surface area contributed by atoms with Crippen LogP contribution in [0.5, 0.6) is 0 Å². The highest BCUT2D eigenvalue weighted by atomic mass is 32.2. The molecule has 0 fully saturated rings. The van der Waals surface area contributed by atoms with E-state index in [0.29, 0.717) is 5.82 Å². The molecule has 2 heterocycles. The minimum atomic E-state index is 0.566. The Kier molecular flexibility index (Phi) is 3.21. The molecule has 0 aliphatic heterocycles. The summed E-state index contributed by atoms with van der Waals surface area (Å²) in [6, 6.07) is 9.62. The lowest BCUT2D eigenvalue weighted by Gasteiger charge is -2.04. The molecular formula is C12H10N6S. The van der Waals surface area contributed by atoms with Crippen molar-refractivity contribution in [1.82, 2.24) is 19.9 Å². The van der Waals surface area contributed by atoms with Crippen LogP contribution in [-0.4, -0.2) is 19.9 Å². The van der Waals surface area contributed by atoms with E-state index in [1.165, 1.54) is 18.1 Å². The van der Waals surface area contributed by atoms with E-state index < -0.39 is 0 Å². The number of hydrogen-bond acceptors (Lipinski definition) is 7. The molecule has 0 radical (unpaired) electrons. The number of hydrogen-bond donors (Lipinski definition) is 2. The molecule has 94 valence electrons. The number of nitrogens with zero attached hydrogens (tertiary/aromatic N) is 4. The summed E-state index contributed by atoms with van der Waals surface area (Å²) < 4.78 is 0. The summed E-state index contributed by atoms with van der Waals surface area (Å²) in [7, 11) is 0. The van der Waals surface area contributed by atoms with Crippen LogP contribution in [0.15, 0.2) is 53.0 Å². The van der Waals surface area contributed by atoms with Crippen molar-refractivity contribution in [1.29, 1.82) is 0 Å². The third-order valence-electron chi connectivity index (χ3n) is 2.50. The lowest BCUT2D eigenvalue weighted by Crippen LogP contribution is -2.08. The molecule has 0 spiro atoms. The summed E-state index contributed by atoms with van der Waals surface area (Å²) in [5.41, 5.74) is 3.40. The van der Waals surface area contributed by atoms with Crippen LogP contribution >= 0.6 is 11.8 Å². The fourth-order valence-electron chi connectivity index (χ4n) is 1.63. The molecule has 3 N–H and O–H groups in total. The van der Waals surface area contributed by atoms with Crippen molar-refractivity contribution in [2.75, 3.05) is 5.43 Å². The molecule has 7 heteroatoms. The summed E-state index contributed by atoms with van der Waals surface area (Å²) >= 11 is 1.45. The zero-order chi connectivity index (χ0) is 13.1. The van der Waals surface area contributed by atoms with E-state index in [1.54, 1.807) is 12.4 Å². The highest BCUT2D eigenvalue weighted by molar-refractivity contribution is 7.99. The normalized spacial score (nSPS) is 10.6. The zero-order valence-electron chi connectivity index (χ0n) is 9.82. The Morgan fingerprint density at radius 2 is 1.84 bits per heavy atom. The van der Waals surface area contributed by atoms with E-state index in [2.05, 4.69) is 25.4 Å². The number of nitrogen functional groups attached to an aromatic ring is 1. The highest BCUT2D eigenvalue weighted by Gasteiger charge is 2.06. The van der Waals surface area contributed by atoms with Crippen molar-refractivity contribution < 1.29 is 0 Å². The van der Waals surface area contributed by atoms with Crippen LogP contribution in [0.2, 0.25) is 0 Å². The molecule has 0 bridgehead atoms. The molecule has 0 saturated carbocycles. The fourth-order valence-corrected chi connectivity index (χ4v) is 2.49. The van der Waals surface area contributed by atoms with E-state index >= 15 is 0 Å². The molecule has 0 saturated heterocycles. The van der Waals surface area contributed by atoms with Gasteiger partial charge in [-0.05, 0) is 17.8 Å². The molecule has 2 aromatic heterocycles. The Balaban J connectivity index is 2.01. The molecule has 3 aromatic rings. The molecule has 3 rings (SSSR count). The number of nitrogens with two attached hydrogens (primary N) is 1. The van der Waals surface area contributed by atoms with Gasteiger partial charge in [-0.25, -0.2) is 25.8 Å². The molecule has 0 aliphatic rings. The Hall–Kier alpha value is -2.25. The topological polar surface area (TPSA) is 89.6 Å². The molecule has 0 amide bonds.